The van der Waals surface area contributed by atoms with Gasteiger partial charge < -0.3 is 4.90 Å². The topological polar surface area (TPSA) is 33.2 Å². The van der Waals surface area contributed by atoms with Gasteiger partial charge in [0.2, 0.25) is 0 Å². The molecule has 0 aliphatic heterocycles. The van der Waals surface area contributed by atoms with Gasteiger partial charge in [-0.15, -0.1) is 11.3 Å². The van der Waals surface area contributed by atoms with Crippen LogP contribution in [0.2, 0.25) is 0 Å². The van der Waals surface area contributed by atoms with Crippen molar-refractivity contribution in [3.63, 3.8) is 0 Å². The molecule has 1 aromatic carbocycles. The Labute approximate surface area is 119 Å². The highest BCUT2D eigenvalue weighted by Crippen LogP contribution is 2.11. The van der Waals surface area contributed by atoms with Gasteiger partial charge in [-0.1, -0.05) is 0 Å². The van der Waals surface area contributed by atoms with Crippen LogP contribution in [0.3, 0.4) is 0 Å². The molecule has 0 N–H and O–H groups in total. The van der Waals surface area contributed by atoms with Gasteiger partial charge in [0.15, 0.2) is 5.78 Å². The molecule has 0 spiro atoms. The lowest BCUT2D eigenvalue weighted by Gasteiger charge is -2.14. The molecule has 1 aromatic heterocycles. The Bertz CT molecular complexity index is 567. The third-order valence-electron chi connectivity index (χ3n) is 2.82. The van der Waals surface area contributed by atoms with Crippen LogP contribution < -0.4 is 0 Å². The first-order chi connectivity index (χ1) is 9.54. The van der Waals surface area contributed by atoms with Crippen LogP contribution in [0.5, 0.6) is 0 Å². The first-order valence-corrected chi connectivity index (χ1v) is 7.04. The Morgan fingerprint density at radius 1 is 1.30 bits per heavy atom. The Morgan fingerprint density at radius 3 is 2.60 bits per heavy atom. The van der Waals surface area contributed by atoms with Crippen LogP contribution in [-0.4, -0.2) is 29.3 Å². The lowest BCUT2D eigenvalue weighted by molar-refractivity contribution is 0.0966. The molecular formula is C14H14F2N2OS. The van der Waals surface area contributed by atoms with Crippen molar-refractivity contribution >= 4 is 17.1 Å². The molecule has 2 aromatic rings. The predicted octanol–water partition coefficient (Wildman–Crippen LogP) is 3.13. The first kappa shape index (κ1) is 14.7. The summed E-state index contributed by atoms with van der Waals surface area (Å²) >= 11 is 1.52. The number of aromatic nitrogens is 1. The lowest BCUT2D eigenvalue weighted by Crippen LogP contribution is -2.21. The number of hydrogen-bond acceptors (Lipinski definition) is 4. The van der Waals surface area contributed by atoms with Crippen LogP contribution in [0.1, 0.15) is 22.5 Å². The number of hydrogen-bond donors (Lipinski definition) is 0. The fourth-order valence-electron chi connectivity index (χ4n) is 1.82. The van der Waals surface area contributed by atoms with Crippen molar-refractivity contribution in [2.75, 3.05) is 13.6 Å². The van der Waals surface area contributed by atoms with E-state index >= 15 is 0 Å². The summed E-state index contributed by atoms with van der Waals surface area (Å²) in [5.41, 5.74) is 2.77. The van der Waals surface area contributed by atoms with E-state index in [-0.39, 0.29) is 17.8 Å². The molecule has 20 heavy (non-hydrogen) atoms. The van der Waals surface area contributed by atoms with E-state index in [1.54, 1.807) is 5.51 Å². The van der Waals surface area contributed by atoms with Crippen molar-refractivity contribution < 1.29 is 13.6 Å². The van der Waals surface area contributed by atoms with E-state index in [9.17, 15) is 13.6 Å². The molecule has 0 saturated carbocycles. The van der Waals surface area contributed by atoms with Crippen LogP contribution in [-0.2, 0) is 6.54 Å². The maximum Gasteiger partial charge on any atom is 0.164 e. The smallest absolute Gasteiger partial charge is 0.164 e. The minimum Gasteiger partial charge on any atom is -0.300 e. The fourth-order valence-corrected chi connectivity index (χ4v) is 2.37. The SMILES string of the molecule is CN(CCC(=O)c1cc(F)cc(F)c1)Cc1cscn1. The number of benzene rings is 1. The molecule has 0 radical (unpaired) electrons. The molecule has 0 atom stereocenters. The highest BCUT2D eigenvalue weighted by molar-refractivity contribution is 7.07. The molecule has 0 unspecified atom stereocenters. The highest BCUT2D eigenvalue weighted by atomic mass is 32.1. The Kier molecular flexibility index (Phi) is 4.92. The summed E-state index contributed by atoms with van der Waals surface area (Å²) in [4.78, 5) is 18.0. The van der Waals surface area contributed by atoms with Crippen molar-refractivity contribution in [3.8, 4) is 0 Å². The summed E-state index contributed by atoms with van der Waals surface area (Å²) < 4.78 is 26.1. The van der Waals surface area contributed by atoms with E-state index in [0.717, 1.165) is 23.9 Å². The van der Waals surface area contributed by atoms with Gasteiger partial charge in [0.25, 0.3) is 0 Å². The number of carbonyl (C=O) groups is 1. The second-order valence-corrected chi connectivity index (χ2v) is 5.27. The van der Waals surface area contributed by atoms with E-state index in [1.807, 2.05) is 17.3 Å². The van der Waals surface area contributed by atoms with Crippen molar-refractivity contribution in [1.82, 2.24) is 9.88 Å². The summed E-state index contributed by atoms with van der Waals surface area (Å²) in [6.45, 7) is 1.16. The predicted molar refractivity (Wildman–Crippen MR) is 73.8 cm³/mol. The largest absolute Gasteiger partial charge is 0.300 e. The minimum atomic E-state index is -0.732. The van der Waals surface area contributed by atoms with Crippen molar-refractivity contribution in [2.45, 2.75) is 13.0 Å². The first-order valence-electron chi connectivity index (χ1n) is 6.09. The molecule has 6 heteroatoms. The summed E-state index contributed by atoms with van der Waals surface area (Å²) in [6, 6.07) is 2.88. The number of carbonyl (C=O) groups excluding carboxylic acids is 1. The zero-order valence-electron chi connectivity index (χ0n) is 11.0. The summed E-state index contributed by atoms with van der Waals surface area (Å²) in [7, 11) is 1.87. The summed E-state index contributed by atoms with van der Waals surface area (Å²) in [5.74, 6) is -1.73. The molecule has 1 heterocycles. The normalized spacial score (nSPS) is 11.0. The molecule has 0 amide bonds. The van der Waals surface area contributed by atoms with Gasteiger partial charge >= 0.3 is 0 Å². The average molecular weight is 296 g/mol. The monoisotopic (exact) mass is 296 g/mol. The number of thiazole rings is 1. The van der Waals surface area contributed by atoms with E-state index in [2.05, 4.69) is 4.98 Å². The molecular weight excluding hydrogens is 282 g/mol. The maximum atomic E-state index is 13.0. The third-order valence-corrected chi connectivity index (χ3v) is 3.46. The van der Waals surface area contributed by atoms with Crippen LogP contribution >= 0.6 is 11.3 Å². The molecule has 106 valence electrons. The number of nitrogens with zero attached hydrogens (tertiary/aromatic N) is 2. The van der Waals surface area contributed by atoms with Crippen molar-refractivity contribution in [1.29, 1.82) is 0 Å². The summed E-state index contributed by atoms with van der Waals surface area (Å²) in [5, 5.41) is 1.94. The second-order valence-electron chi connectivity index (χ2n) is 4.55. The van der Waals surface area contributed by atoms with Crippen LogP contribution in [0.15, 0.2) is 29.1 Å². The fraction of sp³-hybridized carbons (Fsp3) is 0.286. The van der Waals surface area contributed by atoms with Crippen LogP contribution in [0.4, 0.5) is 8.78 Å². The molecule has 0 saturated heterocycles. The second kappa shape index (κ2) is 6.67. The van der Waals surface area contributed by atoms with Gasteiger partial charge in [0, 0.05) is 36.5 Å². The van der Waals surface area contributed by atoms with Crippen LogP contribution in [0, 0.1) is 11.6 Å². The van der Waals surface area contributed by atoms with E-state index in [0.29, 0.717) is 13.1 Å². The Morgan fingerprint density at radius 2 is 2.00 bits per heavy atom. The van der Waals surface area contributed by atoms with Gasteiger partial charge in [-0.3, -0.25) is 4.79 Å². The van der Waals surface area contributed by atoms with E-state index in [4.69, 9.17) is 0 Å². The molecule has 0 aliphatic rings. The van der Waals surface area contributed by atoms with Crippen molar-refractivity contribution in [2.24, 2.45) is 0 Å². The van der Waals surface area contributed by atoms with E-state index in [1.165, 1.54) is 11.3 Å². The van der Waals surface area contributed by atoms with Gasteiger partial charge in [-0.25, -0.2) is 13.8 Å². The standard InChI is InChI=1S/C14H14F2N2OS/c1-18(7-13-8-20-9-17-13)3-2-14(19)10-4-11(15)6-12(16)5-10/h4-6,8-9H,2-3,7H2,1H3. The van der Waals surface area contributed by atoms with E-state index < -0.39 is 11.6 Å². The highest BCUT2D eigenvalue weighted by Gasteiger charge is 2.11. The third kappa shape index (κ3) is 4.18. The average Bonchev–Trinajstić information content (AvgIpc) is 2.87. The minimum absolute atomic E-state index is 0.0737. The molecule has 0 fully saturated rings. The van der Waals surface area contributed by atoms with Gasteiger partial charge in [-0.05, 0) is 19.2 Å². The number of Topliss-reactive ketones (excluding diaryl/α,β-unsaturated/α-hetero) is 1. The van der Waals surface area contributed by atoms with Gasteiger partial charge in [-0.2, -0.15) is 0 Å². The van der Waals surface area contributed by atoms with Crippen molar-refractivity contribution in [3.05, 3.63) is 52.0 Å². The van der Waals surface area contributed by atoms with Gasteiger partial charge in [0.1, 0.15) is 11.6 Å². The number of rotatable bonds is 6. The number of ketones is 1. The Hall–Kier alpha value is -1.66. The summed E-state index contributed by atoms with van der Waals surface area (Å²) in [6.07, 6.45) is 0.212. The Balaban J connectivity index is 1.88. The maximum absolute atomic E-state index is 13.0. The molecule has 0 bridgehead atoms. The molecule has 0 aliphatic carbocycles. The molecule has 2 rings (SSSR count). The zero-order valence-corrected chi connectivity index (χ0v) is 11.8. The lowest BCUT2D eigenvalue weighted by atomic mass is 10.1. The zero-order chi connectivity index (χ0) is 14.5. The van der Waals surface area contributed by atoms with Crippen LogP contribution in [0.25, 0.3) is 0 Å². The van der Waals surface area contributed by atoms with Gasteiger partial charge in [0.05, 0.1) is 11.2 Å². The number of halogens is 2. The quantitative estimate of drug-likeness (QED) is 0.768. The molecule has 3 nitrogen and oxygen atoms in total.